The molecule has 132 valence electrons. The van der Waals surface area contributed by atoms with E-state index >= 15 is 0 Å². The Morgan fingerprint density at radius 2 is 1.67 bits per heavy atom. The van der Waals surface area contributed by atoms with Crippen molar-refractivity contribution >= 4 is 17.5 Å². The lowest BCUT2D eigenvalue weighted by molar-refractivity contribution is -0.162. The third-order valence-corrected chi connectivity index (χ3v) is 3.76. The van der Waals surface area contributed by atoms with E-state index in [9.17, 15) is 22.8 Å². The quantitative estimate of drug-likeness (QED) is 0.912. The van der Waals surface area contributed by atoms with Crippen LogP contribution in [0.3, 0.4) is 0 Å². The number of hydrogen-bond donors (Lipinski definition) is 1. The molecule has 1 aromatic carbocycles. The second-order valence-electron chi connectivity index (χ2n) is 5.83. The summed E-state index contributed by atoms with van der Waals surface area (Å²) in [6, 6.07) is 7.40. The summed E-state index contributed by atoms with van der Waals surface area (Å²) in [5.41, 5.74) is 1.76. The van der Waals surface area contributed by atoms with Crippen LogP contribution >= 0.6 is 0 Å². The number of rotatable bonds is 4. The highest BCUT2D eigenvalue weighted by Gasteiger charge is 2.34. The molecule has 2 rings (SSSR count). The Morgan fingerprint density at radius 1 is 1.08 bits per heavy atom. The van der Waals surface area contributed by atoms with Gasteiger partial charge in [-0.1, -0.05) is 12.1 Å². The Kier molecular flexibility index (Phi) is 5.82. The van der Waals surface area contributed by atoms with Crippen molar-refractivity contribution in [1.29, 1.82) is 0 Å². The molecule has 0 spiro atoms. The second kappa shape index (κ2) is 7.65. The standard InChI is InChI=1S/C16H20F3N3O2/c1-12(23)20-14-4-2-13(3-5-14)11-21-6-8-22(9-7-21)15(24)10-16(17,18)19/h2-5H,6-11H2,1H3,(H,20,23). The van der Waals surface area contributed by atoms with Crippen LogP contribution in [0.2, 0.25) is 0 Å². The summed E-state index contributed by atoms with van der Waals surface area (Å²) >= 11 is 0. The van der Waals surface area contributed by atoms with Gasteiger partial charge in [0.15, 0.2) is 0 Å². The van der Waals surface area contributed by atoms with E-state index in [1.54, 1.807) is 12.1 Å². The largest absolute Gasteiger partial charge is 0.397 e. The number of nitrogens with zero attached hydrogens (tertiary/aromatic N) is 2. The molecule has 1 heterocycles. The molecule has 1 aromatic rings. The van der Waals surface area contributed by atoms with Crippen LogP contribution in [0.4, 0.5) is 18.9 Å². The lowest BCUT2D eigenvalue weighted by Crippen LogP contribution is -2.49. The molecule has 1 saturated heterocycles. The molecule has 0 bridgehead atoms. The fourth-order valence-corrected chi connectivity index (χ4v) is 2.59. The Balaban J connectivity index is 1.80. The van der Waals surface area contributed by atoms with Crippen molar-refractivity contribution in [2.24, 2.45) is 0 Å². The third kappa shape index (κ3) is 5.84. The molecule has 0 aromatic heterocycles. The molecule has 0 atom stereocenters. The molecule has 1 N–H and O–H groups in total. The summed E-state index contributed by atoms with van der Waals surface area (Å²) in [6.45, 7) is 3.78. The first-order valence-electron chi connectivity index (χ1n) is 7.66. The zero-order valence-electron chi connectivity index (χ0n) is 13.4. The van der Waals surface area contributed by atoms with Crippen LogP contribution in [-0.2, 0) is 16.1 Å². The van der Waals surface area contributed by atoms with Gasteiger partial charge in [-0.3, -0.25) is 14.5 Å². The van der Waals surface area contributed by atoms with Crippen molar-refractivity contribution in [2.75, 3.05) is 31.5 Å². The van der Waals surface area contributed by atoms with Crippen LogP contribution in [-0.4, -0.2) is 54.0 Å². The maximum atomic E-state index is 12.3. The maximum absolute atomic E-state index is 12.3. The molecular weight excluding hydrogens is 323 g/mol. The molecule has 0 radical (unpaired) electrons. The van der Waals surface area contributed by atoms with Crippen LogP contribution in [0.1, 0.15) is 18.9 Å². The number of nitrogens with one attached hydrogen (secondary N) is 1. The third-order valence-electron chi connectivity index (χ3n) is 3.76. The van der Waals surface area contributed by atoms with Crippen LogP contribution in [0.15, 0.2) is 24.3 Å². The van der Waals surface area contributed by atoms with E-state index in [0.717, 1.165) is 5.56 Å². The molecule has 5 nitrogen and oxygen atoms in total. The summed E-state index contributed by atoms with van der Waals surface area (Å²) in [5, 5.41) is 2.68. The first-order chi connectivity index (χ1) is 11.2. The van der Waals surface area contributed by atoms with Gasteiger partial charge < -0.3 is 10.2 Å². The first-order valence-corrected chi connectivity index (χ1v) is 7.66. The van der Waals surface area contributed by atoms with E-state index in [4.69, 9.17) is 0 Å². The summed E-state index contributed by atoms with van der Waals surface area (Å²) < 4.78 is 36.8. The lowest BCUT2D eigenvalue weighted by atomic mass is 10.1. The van der Waals surface area contributed by atoms with E-state index in [2.05, 4.69) is 10.2 Å². The van der Waals surface area contributed by atoms with Gasteiger partial charge in [-0.2, -0.15) is 13.2 Å². The van der Waals surface area contributed by atoms with E-state index in [-0.39, 0.29) is 5.91 Å². The average Bonchev–Trinajstić information content (AvgIpc) is 2.48. The number of amides is 2. The van der Waals surface area contributed by atoms with Crippen LogP contribution in [0.25, 0.3) is 0 Å². The minimum atomic E-state index is -4.45. The molecule has 1 fully saturated rings. The van der Waals surface area contributed by atoms with Gasteiger partial charge in [-0.05, 0) is 17.7 Å². The van der Waals surface area contributed by atoms with Gasteiger partial charge in [0.25, 0.3) is 0 Å². The number of piperazine rings is 1. The molecule has 0 aliphatic carbocycles. The predicted octanol–water partition coefficient (Wildman–Crippen LogP) is 2.24. The lowest BCUT2D eigenvalue weighted by Gasteiger charge is -2.35. The van der Waals surface area contributed by atoms with Crippen molar-refractivity contribution in [3.63, 3.8) is 0 Å². The average molecular weight is 343 g/mol. The van der Waals surface area contributed by atoms with Crippen molar-refractivity contribution in [1.82, 2.24) is 9.80 Å². The summed E-state index contributed by atoms with van der Waals surface area (Å²) in [7, 11) is 0. The topological polar surface area (TPSA) is 52.7 Å². The van der Waals surface area contributed by atoms with Crippen molar-refractivity contribution < 1.29 is 22.8 Å². The van der Waals surface area contributed by atoms with Gasteiger partial charge in [-0.25, -0.2) is 0 Å². The first kappa shape index (κ1) is 18.3. The number of benzene rings is 1. The smallest absolute Gasteiger partial charge is 0.340 e. The van der Waals surface area contributed by atoms with Gasteiger partial charge in [-0.15, -0.1) is 0 Å². The number of alkyl halides is 3. The van der Waals surface area contributed by atoms with Crippen LogP contribution in [0, 0.1) is 0 Å². The van der Waals surface area contributed by atoms with Gasteiger partial charge in [0, 0.05) is 45.3 Å². The molecule has 24 heavy (non-hydrogen) atoms. The monoisotopic (exact) mass is 343 g/mol. The molecular formula is C16H20F3N3O2. The Hall–Kier alpha value is -2.09. The minimum absolute atomic E-state index is 0.137. The minimum Gasteiger partial charge on any atom is -0.340 e. The highest BCUT2D eigenvalue weighted by molar-refractivity contribution is 5.88. The Morgan fingerprint density at radius 3 is 2.17 bits per heavy atom. The van der Waals surface area contributed by atoms with Gasteiger partial charge in [0.2, 0.25) is 11.8 Å². The zero-order valence-corrected chi connectivity index (χ0v) is 13.4. The fourth-order valence-electron chi connectivity index (χ4n) is 2.59. The van der Waals surface area contributed by atoms with E-state index in [1.165, 1.54) is 11.8 Å². The van der Waals surface area contributed by atoms with E-state index in [1.807, 2.05) is 12.1 Å². The second-order valence-corrected chi connectivity index (χ2v) is 5.83. The van der Waals surface area contributed by atoms with Crippen LogP contribution < -0.4 is 5.32 Å². The molecule has 1 aliphatic heterocycles. The predicted molar refractivity (Wildman–Crippen MR) is 83.3 cm³/mol. The highest BCUT2D eigenvalue weighted by Crippen LogP contribution is 2.21. The number of halogens is 3. The fraction of sp³-hybridized carbons (Fsp3) is 0.500. The number of carbonyl (C=O) groups is 2. The number of carbonyl (C=O) groups excluding carboxylic acids is 2. The van der Waals surface area contributed by atoms with Crippen molar-refractivity contribution in [2.45, 2.75) is 26.1 Å². The highest BCUT2D eigenvalue weighted by atomic mass is 19.4. The van der Waals surface area contributed by atoms with Crippen LogP contribution in [0.5, 0.6) is 0 Å². The Labute approximate surface area is 138 Å². The Bertz CT molecular complexity index is 579. The molecule has 0 unspecified atom stereocenters. The molecule has 8 heteroatoms. The number of hydrogen-bond acceptors (Lipinski definition) is 3. The normalized spacial score (nSPS) is 16.1. The SMILES string of the molecule is CC(=O)Nc1ccc(CN2CCN(C(=O)CC(F)(F)F)CC2)cc1. The molecule has 0 saturated carbocycles. The molecule has 2 amide bonds. The summed E-state index contributed by atoms with van der Waals surface area (Å²) in [4.78, 5) is 25.9. The maximum Gasteiger partial charge on any atom is 0.397 e. The summed E-state index contributed by atoms with van der Waals surface area (Å²) in [5.74, 6) is -0.996. The molecule has 1 aliphatic rings. The van der Waals surface area contributed by atoms with E-state index in [0.29, 0.717) is 38.4 Å². The summed E-state index contributed by atoms with van der Waals surface area (Å²) in [6.07, 6.45) is -5.85. The number of anilines is 1. The van der Waals surface area contributed by atoms with Gasteiger partial charge in [0.1, 0.15) is 6.42 Å². The zero-order chi connectivity index (χ0) is 17.7. The van der Waals surface area contributed by atoms with Gasteiger partial charge >= 0.3 is 6.18 Å². The van der Waals surface area contributed by atoms with E-state index < -0.39 is 18.5 Å². The van der Waals surface area contributed by atoms with Crippen molar-refractivity contribution in [3.05, 3.63) is 29.8 Å². The van der Waals surface area contributed by atoms with Crippen molar-refractivity contribution in [3.8, 4) is 0 Å². The van der Waals surface area contributed by atoms with Gasteiger partial charge in [0.05, 0.1) is 0 Å².